The molecule has 1 aliphatic heterocycles. The van der Waals surface area contributed by atoms with Crippen LogP contribution in [0, 0.1) is 0 Å². The van der Waals surface area contributed by atoms with Crippen LogP contribution in [0.2, 0.25) is 5.02 Å². The molecule has 1 unspecified atom stereocenters. The Morgan fingerprint density at radius 2 is 1.76 bits per heavy atom. The molecule has 29 heavy (non-hydrogen) atoms. The van der Waals surface area contributed by atoms with Gasteiger partial charge < -0.3 is 4.42 Å². The predicted molar refractivity (Wildman–Crippen MR) is 114 cm³/mol. The maximum absolute atomic E-state index is 13.3. The van der Waals surface area contributed by atoms with Gasteiger partial charge in [0.15, 0.2) is 0 Å². The number of hydrogen-bond donors (Lipinski definition) is 0. The smallest absolute Gasteiger partial charge is 0.274 e. The van der Waals surface area contributed by atoms with E-state index in [1.54, 1.807) is 35.5 Å². The number of carbonyl (C=O) groups excluding carboxylic acids is 1. The molecule has 0 fully saturated rings. The lowest BCUT2D eigenvalue weighted by Crippen LogP contribution is -2.27. The maximum atomic E-state index is 13.3. The lowest BCUT2D eigenvalue weighted by molar-refractivity contribution is 0.0712. The summed E-state index contributed by atoms with van der Waals surface area (Å²) in [5, 5.41) is 9.08. The van der Waals surface area contributed by atoms with Gasteiger partial charge in [-0.15, -0.1) is 0 Å². The molecule has 0 aliphatic carbocycles. The van der Waals surface area contributed by atoms with Crippen LogP contribution in [0.3, 0.4) is 0 Å². The Hall–Kier alpha value is -3.37. The summed E-state index contributed by atoms with van der Waals surface area (Å²) in [5.74, 6) is 0.516. The highest BCUT2D eigenvalue weighted by Crippen LogP contribution is 2.37. The number of carbonyl (C=O) groups is 1. The third-order valence-corrected chi connectivity index (χ3v) is 5.45. The summed E-state index contributed by atoms with van der Waals surface area (Å²) in [6.07, 6.45) is 2.20. The van der Waals surface area contributed by atoms with Crippen molar-refractivity contribution < 1.29 is 9.21 Å². The third-order valence-electron chi connectivity index (χ3n) is 5.20. The van der Waals surface area contributed by atoms with Gasteiger partial charge in [0.05, 0.1) is 12.3 Å². The quantitative estimate of drug-likeness (QED) is 0.418. The Labute approximate surface area is 173 Å². The minimum absolute atomic E-state index is 0.166. The largest absolute Gasteiger partial charge is 0.463 e. The Kier molecular flexibility index (Phi) is 4.41. The fraction of sp³-hybridized carbons (Fsp3) is 0.0833. The number of nitrogens with zero attached hydrogens (tertiary/aromatic N) is 2. The van der Waals surface area contributed by atoms with E-state index in [0.29, 0.717) is 22.8 Å². The molecule has 1 aliphatic rings. The van der Waals surface area contributed by atoms with Crippen LogP contribution in [0.25, 0.3) is 10.8 Å². The topological polar surface area (TPSA) is 45.8 Å². The van der Waals surface area contributed by atoms with Crippen molar-refractivity contribution in [2.45, 2.75) is 12.5 Å². The van der Waals surface area contributed by atoms with E-state index in [0.717, 1.165) is 22.0 Å². The molecule has 1 aromatic heterocycles. The number of rotatable bonds is 3. The molecule has 4 nitrogen and oxygen atoms in total. The number of hydrogen-bond acceptors (Lipinski definition) is 3. The summed E-state index contributed by atoms with van der Waals surface area (Å²) < 4.78 is 5.55. The summed E-state index contributed by atoms with van der Waals surface area (Å²) in [5.41, 5.74) is 2.37. The van der Waals surface area contributed by atoms with Crippen molar-refractivity contribution in [1.29, 1.82) is 0 Å². The van der Waals surface area contributed by atoms with E-state index in [-0.39, 0.29) is 11.9 Å². The second kappa shape index (κ2) is 7.22. The first-order valence-electron chi connectivity index (χ1n) is 9.39. The molecule has 3 aromatic carbocycles. The van der Waals surface area contributed by atoms with Crippen LogP contribution in [0.1, 0.15) is 34.1 Å². The first-order valence-corrected chi connectivity index (χ1v) is 9.76. The molecule has 0 bridgehead atoms. The third kappa shape index (κ3) is 3.22. The Morgan fingerprint density at radius 3 is 2.55 bits per heavy atom. The zero-order valence-electron chi connectivity index (χ0n) is 15.5. The van der Waals surface area contributed by atoms with Crippen molar-refractivity contribution in [3.8, 4) is 0 Å². The van der Waals surface area contributed by atoms with E-state index in [1.165, 1.54) is 0 Å². The fourth-order valence-electron chi connectivity index (χ4n) is 3.80. The monoisotopic (exact) mass is 400 g/mol. The second-order valence-electron chi connectivity index (χ2n) is 6.97. The van der Waals surface area contributed by atoms with Crippen LogP contribution >= 0.6 is 11.6 Å². The fourth-order valence-corrected chi connectivity index (χ4v) is 3.92. The molecule has 142 valence electrons. The lowest BCUT2D eigenvalue weighted by atomic mass is 9.95. The van der Waals surface area contributed by atoms with Crippen molar-refractivity contribution in [2.75, 3.05) is 0 Å². The summed E-state index contributed by atoms with van der Waals surface area (Å²) in [6, 6.07) is 24.7. The van der Waals surface area contributed by atoms with Crippen LogP contribution in [0.15, 0.2) is 94.6 Å². The second-order valence-corrected chi connectivity index (χ2v) is 7.41. The number of halogens is 1. The normalized spacial score (nSPS) is 16.2. The van der Waals surface area contributed by atoms with Gasteiger partial charge in [-0.3, -0.25) is 4.79 Å². The highest BCUT2D eigenvalue weighted by atomic mass is 35.5. The minimum atomic E-state index is -0.218. The van der Waals surface area contributed by atoms with Crippen molar-refractivity contribution in [2.24, 2.45) is 5.10 Å². The average molecular weight is 401 g/mol. The Balaban J connectivity index is 1.61. The van der Waals surface area contributed by atoms with Crippen molar-refractivity contribution in [3.05, 3.63) is 107 Å². The highest BCUT2D eigenvalue weighted by Gasteiger charge is 2.35. The van der Waals surface area contributed by atoms with Crippen molar-refractivity contribution in [1.82, 2.24) is 5.01 Å². The van der Waals surface area contributed by atoms with Gasteiger partial charge >= 0.3 is 0 Å². The van der Waals surface area contributed by atoms with Crippen LogP contribution < -0.4 is 0 Å². The highest BCUT2D eigenvalue weighted by molar-refractivity contribution is 6.30. The molecule has 0 N–H and O–H groups in total. The molecular formula is C24H17ClN2O2. The zero-order chi connectivity index (χ0) is 19.8. The van der Waals surface area contributed by atoms with Gasteiger partial charge in [0.1, 0.15) is 11.5 Å². The van der Waals surface area contributed by atoms with Gasteiger partial charge in [-0.25, -0.2) is 5.01 Å². The standard InChI is InChI=1S/C24H17ClN2O2/c25-18-12-10-17(11-13-18)24(28)27-22(15-21(26-27)23-9-4-14-29-23)20-8-3-6-16-5-1-2-7-19(16)20/h1-14,22H,15H2. The van der Waals surface area contributed by atoms with Gasteiger partial charge in [-0.05, 0) is 52.7 Å². The summed E-state index contributed by atoms with van der Waals surface area (Å²) in [6.45, 7) is 0. The van der Waals surface area contributed by atoms with E-state index < -0.39 is 0 Å². The first kappa shape index (κ1) is 17.7. The van der Waals surface area contributed by atoms with Gasteiger partial charge in [0, 0.05) is 17.0 Å². The molecule has 2 heterocycles. The van der Waals surface area contributed by atoms with E-state index in [4.69, 9.17) is 16.0 Å². The molecule has 0 spiro atoms. The van der Waals surface area contributed by atoms with Gasteiger partial charge in [0.2, 0.25) is 0 Å². The van der Waals surface area contributed by atoms with E-state index in [9.17, 15) is 4.79 Å². The molecule has 5 rings (SSSR count). The van der Waals surface area contributed by atoms with Crippen LogP contribution in [-0.4, -0.2) is 16.6 Å². The van der Waals surface area contributed by atoms with Gasteiger partial charge in [0.25, 0.3) is 5.91 Å². The molecule has 5 heteroatoms. The molecule has 1 amide bonds. The summed E-state index contributed by atoms with van der Waals surface area (Å²) >= 11 is 5.99. The van der Waals surface area contributed by atoms with Gasteiger partial charge in [-0.1, -0.05) is 54.1 Å². The van der Waals surface area contributed by atoms with Crippen molar-refractivity contribution >= 4 is 34.0 Å². The maximum Gasteiger partial charge on any atom is 0.274 e. The summed E-state index contributed by atoms with van der Waals surface area (Å²) in [7, 11) is 0. The molecular weight excluding hydrogens is 384 g/mol. The van der Waals surface area contributed by atoms with E-state index in [2.05, 4.69) is 29.4 Å². The molecule has 0 saturated carbocycles. The van der Waals surface area contributed by atoms with Crippen LogP contribution in [0.4, 0.5) is 0 Å². The minimum Gasteiger partial charge on any atom is -0.463 e. The first-order chi connectivity index (χ1) is 14.2. The number of benzene rings is 3. The zero-order valence-corrected chi connectivity index (χ0v) is 16.2. The van der Waals surface area contributed by atoms with E-state index >= 15 is 0 Å². The number of hydrazone groups is 1. The van der Waals surface area contributed by atoms with Crippen LogP contribution in [-0.2, 0) is 0 Å². The van der Waals surface area contributed by atoms with Crippen molar-refractivity contribution in [3.63, 3.8) is 0 Å². The molecule has 0 radical (unpaired) electrons. The lowest BCUT2D eigenvalue weighted by Gasteiger charge is -2.23. The molecule has 4 aromatic rings. The average Bonchev–Trinajstić information content (AvgIpc) is 3.43. The predicted octanol–water partition coefficient (Wildman–Crippen LogP) is 6.08. The van der Waals surface area contributed by atoms with Gasteiger partial charge in [-0.2, -0.15) is 5.10 Å². The number of furan rings is 1. The van der Waals surface area contributed by atoms with Crippen LogP contribution in [0.5, 0.6) is 0 Å². The molecule has 0 saturated heterocycles. The number of fused-ring (bicyclic) bond motifs is 1. The summed E-state index contributed by atoms with van der Waals surface area (Å²) in [4.78, 5) is 13.3. The Bertz CT molecular complexity index is 1210. The van der Waals surface area contributed by atoms with E-state index in [1.807, 2.05) is 30.3 Å². The number of amides is 1. The SMILES string of the molecule is O=C(c1ccc(Cl)cc1)N1N=C(c2ccco2)CC1c1cccc2ccccc12. The Morgan fingerprint density at radius 1 is 0.966 bits per heavy atom. The molecule has 1 atom stereocenters.